The lowest BCUT2D eigenvalue weighted by Crippen LogP contribution is -2.52. The molecular weight excluding hydrogens is 310 g/mol. The number of rotatable bonds is 5. The number of nitrogens with one attached hydrogen (secondary N) is 2. The average molecular weight is 337 g/mol. The predicted octanol–water partition coefficient (Wildman–Crippen LogP) is 3.69. The van der Waals surface area contributed by atoms with E-state index >= 15 is 0 Å². The van der Waals surface area contributed by atoms with Crippen molar-refractivity contribution >= 4 is 11.6 Å². The molecule has 1 aromatic carbocycles. The van der Waals surface area contributed by atoms with Gasteiger partial charge in [0.15, 0.2) is 0 Å². The number of hydrogen-bond acceptors (Lipinski definition) is 3. The Morgan fingerprint density at radius 2 is 1.88 bits per heavy atom. The molecule has 4 nitrogen and oxygen atoms in total. The molecule has 4 fully saturated rings. The molecule has 0 spiro atoms. The fourth-order valence-corrected chi connectivity index (χ4v) is 5.89. The quantitative estimate of drug-likeness (QED) is 0.861. The van der Waals surface area contributed by atoms with Crippen LogP contribution in [0, 0.1) is 34.5 Å². The molecule has 0 radical (unpaired) electrons. The third-order valence-electron chi connectivity index (χ3n) is 6.60. The van der Waals surface area contributed by atoms with Crippen LogP contribution in [0.4, 0.5) is 5.69 Å². The van der Waals surface area contributed by atoms with E-state index in [9.17, 15) is 4.79 Å². The molecule has 0 unspecified atom stereocenters. The van der Waals surface area contributed by atoms with Crippen molar-refractivity contribution in [1.82, 2.24) is 5.32 Å². The number of amides is 1. The second-order valence-electron chi connectivity index (χ2n) is 8.70. The number of nitriles is 1. The lowest BCUT2D eigenvalue weighted by molar-refractivity contribution is -0.118. The molecule has 25 heavy (non-hydrogen) atoms. The van der Waals surface area contributed by atoms with E-state index in [-0.39, 0.29) is 11.9 Å². The van der Waals surface area contributed by atoms with Gasteiger partial charge in [0.2, 0.25) is 5.91 Å². The molecule has 2 N–H and O–H groups in total. The van der Waals surface area contributed by atoms with Gasteiger partial charge in [-0.3, -0.25) is 4.79 Å². The molecule has 1 aromatic rings. The van der Waals surface area contributed by atoms with Gasteiger partial charge < -0.3 is 10.6 Å². The molecule has 4 aliphatic carbocycles. The van der Waals surface area contributed by atoms with E-state index in [1.54, 1.807) is 18.2 Å². The fourth-order valence-electron chi connectivity index (χ4n) is 5.89. The highest BCUT2D eigenvalue weighted by Crippen LogP contribution is 2.59. The molecule has 5 rings (SSSR count). The van der Waals surface area contributed by atoms with Gasteiger partial charge in [-0.1, -0.05) is 6.07 Å². The van der Waals surface area contributed by atoms with Crippen molar-refractivity contribution in [2.45, 2.75) is 51.5 Å². The van der Waals surface area contributed by atoms with Gasteiger partial charge in [0.05, 0.1) is 17.7 Å². The van der Waals surface area contributed by atoms with Crippen molar-refractivity contribution in [2.24, 2.45) is 23.2 Å². The van der Waals surface area contributed by atoms with E-state index < -0.39 is 0 Å². The van der Waals surface area contributed by atoms with Crippen LogP contribution in [-0.2, 0) is 4.79 Å². The Bertz CT molecular complexity index is 670. The maximum atomic E-state index is 12.5. The molecule has 1 amide bonds. The summed E-state index contributed by atoms with van der Waals surface area (Å²) in [5.41, 5.74) is 1.68. The average Bonchev–Trinajstić information content (AvgIpc) is 2.58. The van der Waals surface area contributed by atoms with Crippen LogP contribution in [0.25, 0.3) is 0 Å². The van der Waals surface area contributed by atoms with Gasteiger partial charge in [-0.2, -0.15) is 5.26 Å². The number of hydrogen-bond donors (Lipinski definition) is 2. The maximum absolute atomic E-state index is 12.5. The summed E-state index contributed by atoms with van der Waals surface area (Å²) in [4.78, 5) is 12.5. The second kappa shape index (κ2) is 6.46. The summed E-state index contributed by atoms with van der Waals surface area (Å²) in [5, 5.41) is 15.4. The zero-order chi connectivity index (χ0) is 17.4. The normalized spacial score (nSPS) is 33.7. The van der Waals surface area contributed by atoms with Crippen molar-refractivity contribution in [2.75, 3.05) is 11.9 Å². The number of anilines is 1. The van der Waals surface area contributed by atoms with Gasteiger partial charge in [-0.25, -0.2) is 0 Å². The Hall–Kier alpha value is -1.86. The zero-order valence-electron chi connectivity index (χ0n) is 14.9. The summed E-state index contributed by atoms with van der Waals surface area (Å²) in [5.74, 6) is 2.78. The Balaban J connectivity index is 1.33. The standard InChI is InChI=1S/C21H27N3O/c1-14(20(25)24-19-4-2-3-15(8-19)12-22)23-13-21-9-16-5-17(10-21)7-18(6-16)11-21/h2-4,8,14,16-18,23H,5-7,9-11,13H2,1H3,(H,24,25)/t14-,16?,17?,18?,21?/m1/s1. The molecular formula is C21H27N3O. The SMILES string of the molecule is C[C@@H](NCC12CC3CC(CC(C3)C1)C2)C(=O)Nc1cccc(C#N)c1. The minimum atomic E-state index is -0.223. The first-order valence-electron chi connectivity index (χ1n) is 9.60. The van der Waals surface area contributed by atoms with Crippen molar-refractivity contribution in [3.05, 3.63) is 29.8 Å². The Kier molecular flexibility index (Phi) is 4.29. The van der Waals surface area contributed by atoms with Crippen LogP contribution in [0.1, 0.15) is 51.0 Å². The summed E-state index contributed by atoms with van der Waals surface area (Å²) < 4.78 is 0. The number of benzene rings is 1. The van der Waals surface area contributed by atoms with Crippen LogP contribution in [-0.4, -0.2) is 18.5 Å². The Labute approximate surface area is 150 Å². The number of carbonyl (C=O) groups is 1. The van der Waals surface area contributed by atoms with Crippen LogP contribution in [0.15, 0.2) is 24.3 Å². The largest absolute Gasteiger partial charge is 0.325 e. The van der Waals surface area contributed by atoms with Crippen molar-refractivity contribution < 1.29 is 4.79 Å². The predicted molar refractivity (Wildman–Crippen MR) is 97.9 cm³/mol. The monoisotopic (exact) mass is 337 g/mol. The third kappa shape index (κ3) is 3.43. The summed E-state index contributed by atoms with van der Waals surface area (Å²) >= 11 is 0. The minimum Gasteiger partial charge on any atom is -0.325 e. The van der Waals surface area contributed by atoms with Crippen LogP contribution in [0.2, 0.25) is 0 Å². The highest BCUT2D eigenvalue weighted by atomic mass is 16.2. The van der Waals surface area contributed by atoms with E-state index in [0.29, 0.717) is 16.7 Å². The molecule has 4 bridgehead atoms. The lowest BCUT2D eigenvalue weighted by atomic mass is 9.49. The summed E-state index contributed by atoms with van der Waals surface area (Å²) in [6.45, 7) is 2.90. The number of carbonyl (C=O) groups excluding carboxylic acids is 1. The zero-order valence-corrected chi connectivity index (χ0v) is 14.9. The van der Waals surface area contributed by atoms with Gasteiger partial charge in [-0.15, -0.1) is 0 Å². The third-order valence-corrected chi connectivity index (χ3v) is 6.60. The fraction of sp³-hybridized carbons (Fsp3) is 0.619. The van der Waals surface area contributed by atoms with Crippen molar-refractivity contribution in [1.29, 1.82) is 5.26 Å². The highest BCUT2D eigenvalue weighted by Gasteiger charge is 2.50. The number of nitrogens with zero attached hydrogens (tertiary/aromatic N) is 1. The molecule has 0 heterocycles. The molecule has 4 heteroatoms. The van der Waals surface area contributed by atoms with Gasteiger partial charge in [0.25, 0.3) is 0 Å². The molecule has 132 valence electrons. The molecule has 0 aromatic heterocycles. The molecule has 0 aliphatic heterocycles. The Morgan fingerprint density at radius 1 is 1.24 bits per heavy atom. The topological polar surface area (TPSA) is 64.9 Å². The summed E-state index contributed by atoms with van der Waals surface area (Å²) in [6, 6.07) is 8.95. The highest BCUT2D eigenvalue weighted by molar-refractivity contribution is 5.94. The van der Waals surface area contributed by atoms with Crippen molar-refractivity contribution in [3.8, 4) is 6.07 Å². The maximum Gasteiger partial charge on any atom is 0.241 e. The van der Waals surface area contributed by atoms with E-state index in [4.69, 9.17) is 5.26 Å². The summed E-state index contributed by atoms with van der Waals surface area (Å²) in [7, 11) is 0. The van der Waals surface area contributed by atoms with Crippen LogP contribution in [0.5, 0.6) is 0 Å². The van der Waals surface area contributed by atoms with E-state index in [2.05, 4.69) is 16.7 Å². The Morgan fingerprint density at radius 3 is 2.48 bits per heavy atom. The van der Waals surface area contributed by atoms with E-state index in [0.717, 1.165) is 24.3 Å². The first-order valence-corrected chi connectivity index (χ1v) is 9.60. The van der Waals surface area contributed by atoms with E-state index in [1.165, 1.54) is 38.5 Å². The van der Waals surface area contributed by atoms with Gasteiger partial charge in [0, 0.05) is 12.2 Å². The summed E-state index contributed by atoms with van der Waals surface area (Å²) in [6.07, 6.45) is 8.40. The molecule has 4 aliphatic rings. The van der Waals surface area contributed by atoms with Crippen LogP contribution >= 0.6 is 0 Å². The van der Waals surface area contributed by atoms with E-state index in [1.807, 2.05) is 13.0 Å². The van der Waals surface area contributed by atoms with Crippen molar-refractivity contribution in [3.63, 3.8) is 0 Å². The smallest absolute Gasteiger partial charge is 0.241 e. The second-order valence-corrected chi connectivity index (χ2v) is 8.70. The molecule has 1 atom stereocenters. The molecule has 0 saturated heterocycles. The molecule has 4 saturated carbocycles. The first kappa shape index (κ1) is 16.6. The van der Waals surface area contributed by atoms with Gasteiger partial charge in [-0.05, 0) is 86.8 Å². The first-order chi connectivity index (χ1) is 12.0. The minimum absolute atomic E-state index is 0.0279. The van der Waals surface area contributed by atoms with Gasteiger partial charge >= 0.3 is 0 Å². The lowest BCUT2D eigenvalue weighted by Gasteiger charge is -2.57. The van der Waals surface area contributed by atoms with Crippen LogP contribution in [0.3, 0.4) is 0 Å². The van der Waals surface area contributed by atoms with Gasteiger partial charge in [0.1, 0.15) is 0 Å². The van der Waals surface area contributed by atoms with Crippen LogP contribution < -0.4 is 10.6 Å².